The maximum Gasteiger partial charge on any atom is 2.00 e. The van der Waals surface area contributed by atoms with Crippen molar-refractivity contribution in [2.45, 2.75) is 0 Å². The van der Waals surface area contributed by atoms with E-state index in [0.29, 0.717) is 34.1 Å². The minimum atomic E-state index is -1.22. The largest absolute Gasteiger partial charge is 2.00 e. The first-order valence-corrected chi connectivity index (χ1v) is 10.2. The summed E-state index contributed by atoms with van der Waals surface area (Å²) in [6.07, 6.45) is 0. The predicted molar refractivity (Wildman–Crippen MR) is 130 cm³/mol. The van der Waals surface area contributed by atoms with E-state index in [9.17, 15) is 19.8 Å². The van der Waals surface area contributed by atoms with Crippen LogP contribution in [0.15, 0.2) is 97.1 Å². The Labute approximate surface area is 213 Å². The van der Waals surface area contributed by atoms with Crippen LogP contribution in [0.3, 0.4) is 0 Å². The smallest absolute Gasteiger partial charge is 0.545 e. The van der Waals surface area contributed by atoms with Gasteiger partial charge in [-0.1, -0.05) is 60.7 Å². The van der Waals surface area contributed by atoms with Gasteiger partial charge in [0.2, 0.25) is 0 Å². The molecule has 181 valence electrons. The number of carboxylic acids is 2. The second-order valence-corrected chi connectivity index (χ2v) is 7.09. The number of benzene rings is 4. The third-order valence-electron chi connectivity index (χ3n) is 4.75. The van der Waals surface area contributed by atoms with Crippen LogP contribution >= 0.6 is 0 Å². The summed E-state index contributed by atoms with van der Waals surface area (Å²) in [5.41, 5.74) is 15.1. The van der Waals surface area contributed by atoms with Crippen LogP contribution in [0.2, 0.25) is 0 Å². The van der Waals surface area contributed by atoms with Crippen molar-refractivity contribution in [1.82, 2.24) is 0 Å². The van der Waals surface area contributed by atoms with Gasteiger partial charge in [0.05, 0.1) is 34.7 Å². The quantitative estimate of drug-likeness (QED) is 0.224. The number of hydrogen-bond acceptors (Lipinski definition) is 8. The summed E-state index contributed by atoms with van der Waals surface area (Å²) in [6, 6.07) is 27.4. The van der Waals surface area contributed by atoms with Crippen molar-refractivity contribution in [3.63, 3.8) is 0 Å². The van der Waals surface area contributed by atoms with Crippen molar-refractivity contribution in [3.05, 3.63) is 108 Å². The molecule has 6 N–H and O–H groups in total. The predicted octanol–water partition coefficient (Wildman–Crippen LogP) is 2.75. The van der Waals surface area contributed by atoms with Crippen LogP contribution in [0.25, 0.3) is 0 Å². The number of anilines is 6. The Balaban J connectivity index is 0.000000240. The van der Waals surface area contributed by atoms with E-state index in [1.54, 1.807) is 60.7 Å². The van der Waals surface area contributed by atoms with Gasteiger partial charge in [-0.3, -0.25) is 0 Å². The first kappa shape index (κ1) is 26.8. The molecule has 0 aromatic heterocycles. The van der Waals surface area contributed by atoms with Crippen molar-refractivity contribution >= 4 is 46.1 Å². The Kier molecular flexibility index (Phi) is 9.71. The van der Waals surface area contributed by atoms with Crippen LogP contribution in [0.1, 0.15) is 20.7 Å². The molecule has 8 nitrogen and oxygen atoms in total. The maximum absolute atomic E-state index is 10.9. The Bertz CT molecular complexity index is 1210. The second kappa shape index (κ2) is 12.7. The topological polar surface area (TPSA) is 156 Å². The molecule has 0 unspecified atom stereocenters. The molecule has 0 heterocycles. The molecule has 0 spiro atoms. The zero-order chi connectivity index (χ0) is 24.5. The van der Waals surface area contributed by atoms with Gasteiger partial charge in [0, 0.05) is 22.5 Å². The molecule has 0 aliphatic carbocycles. The van der Waals surface area contributed by atoms with Crippen molar-refractivity contribution < 1.29 is 36.9 Å². The molecule has 0 saturated heterocycles. The van der Waals surface area contributed by atoms with Gasteiger partial charge in [-0.15, -0.1) is 0 Å². The molecule has 1 radical (unpaired) electrons. The Hall–Kier alpha value is -4.46. The van der Waals surface area contributed by atoms with Crippen LogP contribution in [0.5, 0.6) is 0 Å². The summed E-state index contributed by atoms with van der Waals surface area (Å²) in [7, 11) is 0. The Morgan fingerprint density at radius 2 is 0.800 bits per heavy atom. The fourth-order valence-corrected chi connectivity index (χ4v) is 3.05. The first-order chi connectivity index (χ1) is 16.4. The van der Waals surface area contributed by atoms with E-state index >= 15 is 0 Å². The number of hydrogen-bond donors (Lipinski definition) is 4. The SMILES string of the molecule is Nc1ccccc1Nc1ccccc1C(=O)[O-].Nc1ccccc1Nc1ccccc1C(=O)[O-].[Cu+2]. The molecule has 0 aliphatic rings. The zero-order valence-corrected chi connectivity index (χ0v) is 19.3. The summed E-state index contributed by atoms with van der Waals surface area (Å²) in [4.78, 5) is 21.8. The molecule has 0 atom stereocenters. The van der Waals surface area contributed by atoms with Crippen molar-refractivity contribution in [1.29, 1.82) is 0 Å². The molecule has 35 heavy (non-hydrogen) atoms. The summed E-state index contributed by atoms with van der Waals surface area (Å²) >= 11 is 0. The molecule has 0 saturated carbocycles. The van der Waals surface area contributed by atoms with Crippen LogP contribution in [0.4, 0.5) is 34.1 Å². The van der Waals surface area contributed by atoms with Crippen molar-refractivity contribution in [2.75, 3.05) is 22.1 Å². The van der Waals surface area contributed by atoms with Gasteiger partial charge in [-0.25, -0.2) is 0 Å². The number of carboxylic acid groups (broad SMARTS) is 2. The minimum absolute atomic E-state index is 0. The number of carbonyl (C=O) groups is 2. The number of nitrogen functional groups attached to an aromatic ring is 2. The molecule has 0 bridgehead atoms. The van der Waals surface area contributed by atoms with Crippen LogP contribution in [-0.4, -0.2) is 11.9 Å². The summed E-state index contributed by atoms with van der Waals surface area (Å²) in [5, 5.41) is 27.8. The average Bonchev–Trinajstić information content (AvgIpc) is 2.83. The molecular weight excluding hydrogens is 496 g/mol. The van der Waals surface area contributed by atoms with Crippen LogP contribution in [0, 0.1) is 0 Å². The number of rotatable bonds is 6. The molecule has 0 fully saturated rings. The van der Waals surface area contributed by atoms with Crippen molar-refractivity contribution in [3.8, 4) is 0 Å². The van der Waals surface area contributed by atoms with E-state index in [4.69, 9.17) is 11.5 Å². The molecule has 0 amide bonds. The second-order valence-electron chi connectivity index (χ2n) is 7.09. The average molecular weight is 518 g/mol. The van der Waals surface area contributed by atoms with E-state index in [1.165, 1.54) is 12.1 Å². The summed E-state index contributed by atoms with van der Waals surface area (Å²) in [5.74, 6) is -2.44. The first-order valence-electron chi connectivity index (χ1n) is 10.2. The fraction of sp³-hybridized carbons (Fsp3) is 0. The Morgan fingerprint density at radius 1 is 0.514 bits per heavy atom. The van der Waals surface area contributed by atoms with Crippen molar-refractivity contribution in [2.24, 2.45) is 0 Å². The number of carbonyl (C=O) groups excluding carboxylic acids is 2. The standard InChI is InChI=1S/2C13H12N2O2.Cu/c2*14-10-6-2-4-8-12(10)15-11-7-3-1-5-9(11)13(16)17;/h2*1-8,15H,14H2,(H,16,17);/q;;+2/p-2. The molecule has 4 aromatic rings. The third-order valence-corrected chi connectivity index (χ3v) is 4.75. The zero-order valence-electron chi connectivity index (χ0n) is 18.3. The van der Waals surface area contributed by atoms with E-state index in [1.807, 2.05) is 24.3 Å². The maximum atomic E-state index is 10.9. The van der Waals surface area contributed by atoms with Gasteiger partial charge in [0.15, 0.2) is 0 Å². The molecule has 4 rings (SSSR count). The number of nitrogens with two attached hydrogens (primary N) is 2. The van der Waals surface area contributed by atoms with E-state index in [0.717, 1.165) is 0 Å². The fourth-order valence-electron chi connectivity index (χ4n) is 3.05. The Morgan fingerprint density at radius 3 is 1.11 bits per heavy atom. The monoisotopic (exact) mass is 517 g/mol. The summed E-state index contributed by atoms with van der Waals surface area (Å²) in [6.45, 7) is 0. The van der Waals surface area contributed by atoms with Gasteiger partial charge in [-0.2, -0.15) is 0 Å². The van der Waals surface area contributed by atoms with Gasteiger partial charge in [0.1, 0.15) is 0 Å². The van der Waals surface area contributed by atoms with Gasteiger partial charge in [-0.05, 0) is 36.4 Å². The molecule has 4 aromatic carbocycles. The number of para-hydroxylation sites is 6. The number of aromatic carboxylic acids is 2. The van der Waals surface area contributed by atoms with E-state index in [2.05, 4.69) is 10.6 Å². The molecule has 0 aliphatic heterocycles. The molecular formula is C26H22CuN4O4. The third kappa shape index (κ3) is 7.26. The van der Waals surface area contributed by atoms with Gasteiger partial charge in [0.25, 0.3) is 0 Å². The van der Waals surface area contributed by atoms with Gasteiger partial charge < -0.3 is 41.9 Å². The molecule has 9 heteroatoms. The van der Waals surface area contributed by atoms with Gasteiger partial charge >= 0.3 is 17.1 Å². The van der Waals surface area contributed by atoms with E-state index < -0.39 is 11.9 Å². The number of nitrogens with one attached hydrogen (secondary N) is 2. The summed E-state index contributed by atoms with van der Waals surface area (Å²) < 4.78 is 0. The minimum Gasteiger partial charge on any atom is -0.545 e. The van der Waals surface area contributed by atoms with E-state index in [-0.39, 0.29) is 28.2 Å². The van der Waals surface area contributed by atoms with Crippen LogP contribution < -0.4 is 32.3 Å². The normalized spacial score (nSPS) is 9.60. The van der Waals surface area contributed by atoms with Crippen LogP contribution in [-0.2, 0) is 17.1 Å².